The number of carbonyl (C=O) groups is 2. The van der Waals surface area contributed by atoms with Crippen LogP contribution < -0.4 is 10.2 Å². The van der Waals surface area contributed by atoms with Gasteiger partial charge in [0.15, 0.2) is 0 Å². The highest BCUT2D eigenvalue weighted by Crippen LogP contribution is 2.26. The van der Waals surface area contributed by atoms with Crippen LogP contribution in [-0.2, 0) is 27.8 Å². The normalized spacial score (nSPS) is 16.0. The number of nitrogens with one attached hydrogen (secondary N) is 1. The number of aromatic nitrogens is 3. The number of fused-ring (bicyclic) bond motifs is 1. The molecule has 1 aliphatic rings. The van der Waals surface area contributed by atoms with Gasteiger partial charge in [0.05, 0.1) is 17.3 Å². The maximum absolute atomic E-state index is 13.7. The van der Waals surface area contributed by atoms with Crippen molar-refractivity contribution in [3.63, 3.8) is 0 Å². The molecule has 1 amide bonds. The number of sulfonamides is 1. The average Bonchev–Trinajstić information content (AvgIpc) is 3.00. The number of carbonyl (C=O) groups excluding carboxylic acids is 1. The summed E-state index contributed by atoms with van der Waals surface area (Å²) in [5.74, 6) is -1.35. The van der Waals surface area contributed by atoms with Crippen molar-refractivity contribution in [3.05, 3.63) is 88.8 Å². The fourth-order valence-corrected chi connectivity index (χ4v) is 6.57. The summed E-state index contributed by atoms with van der Waals surface area (Å²) in [6.07, 6.45) is 6.07. The molecule has 13 heteroatoms. The van der Waals surface area contributed by atoms with Crippen LogP contribution in [0.4, 0.5) is 5.82 Å². The van der Waals surface area contributed by atoms with Crippen LogP contribution in [0.25, 0.3) is 11.0 Å². The summed E-state index contributed by atoms with van der Waals surface area (Å²) in [5, 5.41) is 12.9. The standard InChI is InChI=1S/C29H29ClN6O5S/c1-2-3-19-4-6-20(7-5-19)14-33-28(37)25-18-35(12-13-36(25)42(40,41)22-10-8-21(30)9-11-22)26-17-32-24-16-31-15-23(29(38)39)27(24)34-26/h4-11,15-17,25H,2-3,12-14,18H2,1H3,(H,33,37)(H,38,39). The highest BCUT2D eigenvalue weighted by Gasteiger charge is 2.40. The maximum Gasteiger partial charge on any atom is 0.339 e. The number of nitrogens with zero attached hydrogens (tertiary/aromatic N) is 5. The average molecular weight is 609 g/mol. The third-order valence-electron chi connectivity index (χ3n) is 7.08. The Labute approximate surface area is 248 Å². The molecular formula is C29H29ClN6O5S. The minimum Gasteiger partial charge on any atom is -0.478 e. The highest BCUT2D eigenvalue weighted by molar-refractivity contribution is 7.89. The monoisotopic (exact) mass is 608 g/mol. The van der Waals surface area contributed by atoms with Crippen molar-refractivity contribution in [2.24, 2.45) is 0 Å². The van der Waals surface area contributed by atoms with Crippen LogP contribution >= 0.6 is 11.6 Å². The summed E-state index contributed by atoms with van der Waals surface area (Å²) in [6, 6.07) is 12.6. The van der Waals surface area contributed by atoms with Crippen LogP contribution in [0.1, 0.15) is 34.8 Å². The fraction of sp³-hybridized carbons (Fsp3) is 0.276. The molecule has 1 aliphatic heterocycles. The number of aromatic carboxylic acids is 1. The lowest BCUT2D eigenvalue weighted by Crippen LogP contribution is -2.60. The van der Waals surface area contributed by atoms with E-state index in [1.807, 2.05) is 24.3 Å². The predicted octanol–water partition coefficient (Wildman–Crippen LogP) is 3.52. The summed E-state index contributed by atoms with van der Waals surface area (Å²) < 4.78 is 28.6. The molecule has 1 saturated heterocycles. The number of amides is 1. The van der Waals surface area contributed by atoms with Crippen LogP contribution in [0.2, 0.25) is 5.02 Å². The number of pyridine rings is 1. The van der Waals surface area contributed by atoms with Crippen molar-refractivity contribution in [3.8, 4) is 0 Å². The Bertz CT molecular complexity index is 1720. The van der Waals surface area contributed by atoms with Gasteiger partial charge in [-0.15, -0.1) is 0 Å². The SMILES string of the molecule is CCCc1ccc(CNC(=O)C2CN(c3cnc4cncc(C(=O)O)c4n3)CCN2S(=O)(=O)c2ccc(Cl)cc2)cc1. The number of hydrogen-bond acceptors (Lipinski definition) is 8. The Morgan fingerprint density at radius 1 is 1.02 bits per heavy atom. The lowest BCUT2D eigenvalue weighted by atomic mass is 10.1. The van der Waals surface area contributed by atoms with Gasteiger partial charge in [-0.2, -0.15) is 4.31 Å². The molecule has 0 radical (unpaired) electrons. The first-order chi connectivity index (χ1) is 20.2. The van der Waals surface area contributed by atoms with E-state index in [0.29, 0.717) is 16.4 Å². The fourth-order valence-electron chi connectivity index (χ4n) is 4.87. The molecule has 1 fully saturated rings. The molecule has 218 valence electrons. The maximum atomic E-state index is 13.7. The molecule has 1 unspecified atom stereocenters. The molecule has 0 spiro atoms. The first-order valence-electron chi connectivity index (χ1n) is 13.4. The summed E-state index contributed by atoms with van der Waals surface area (Å²) in [6.45, 7) is 2.49. The minimum atomic E-state index is -4.06. The minimum absolute atomic E-state index is 0.0173. The van der Waals surface area contributed by atoms with Crippen molar-refractivity contribution < 1.29 is 23.1 Å². The molecule has 3 heterocycles. The van der Waals surface area contributed by atoms with Crippen molar-refractivity contribution in [1.29, 1.82) is 0 Å². The molecular weight excluding hydrogens is 580 g/mol. The molecule has 0 aliphatic carbocycles. The Morgan fingerprint density at radius 3 is 2.43 bits per heavy atom. The lowest BCUT2D eigenvalue weighted by molar-refractivity contribution is -0.125. The molecule has 5 rings (SSSR count). The zero-order valence-electron chi connectivity index (χ0n) is 22.8. The van der Waals surface area contributed by atoms with Crippen LogP contribution in [-0.4, -0.2) is 70.3 Å². The van der Waals surface area contributed by atoms with Crippen LogP contribution in [0.3, 0.4) is 0 Å². The second-order valence-corrected chi connectivity index (χ2v) is 12.2. The zero-order chi connectivity index (χ0) is 29.9. The topological polar surface area (TPSA) is 146 Å². The second kappa shape index (κ2) is 12.4. The van der Waals surface area contributed by atoms with Gasteiger partial charge in [-0.1, -0.05) is 49.2 Å². The number of carboxylic acid groups (broad SMARTS) is 1. The summed E-state index contributed by atoms with van der Waals surface area (Å²) >= 11 is 5.98. The number of piperazine rings is 1. The van der Waals surface area contributed by atoms with Gasteiger partial charge in [0.2, 0.25) is 15.9 Å². The van der Waals surface area contributed by atoms with Crippen molar-refractivity contribution >= 4 is 50.4 Å². The van der Waals surface area contributed by atoms with E-state index in [1.54, 1.807) is 4.90 Å². The van der Waals surface area contributed by atoms with Gasteiger partial charge in [0.25, 0.3) is 0 Å². The quantitative estimate of drug-likeness (QED) is 0.291. The molecule has 4 aromatic rings. The van der Waals surface area contributed by atoms with Gasteiger partial charge in [0, 0.05) is 37.4 Å². The van der Waals surface area contributed by atoms with E-state index in [9.17, 15) is 23.1 Å². The van der Waals surface area contributed by atoms with E-state index in [0.717, 1.165) is 18.4 Å². The lowest BCUT2D eigenvalue weighted by Gasteiger charge is -2.40. The Kier molecular flexibility index (Phi) is 8.66. The highest BCUT2D eigenvalue weighted by atomic mass is 35.5. The smallest absolute Gasteiger partial charge is 0.339 e. The molecule has 2 N–H and O–H groups in total. The Hall–Kier alpha value is -4.13. The first kappa shape index (κ1) is 29.4. The number of hydrogen-bond donors (Lipinski definition) is 2. The third-order valence-corrected chi connectivity index (χ3v) is 9.25. The number of anilines is 1. The molecule has 11 nitrogen and oxygen atoms in total. The summed E-state index contributed by atoms with van der Waals surface area (Å²) in [4.78, 5) is 39.9. The zero-order valence-corrected chi connectivity index (χ0v) is 24.3. The van der Waals surface area contributed by atoms with Crippen molar-refractivity contribution in [1.82, 2.24) is 24.6 Å². The van der Waals surface area contributed by atoms with Crippen molar-refractivity contribution in [2.75, 3.05) is 24.5 Å². The summed E-state index contributed by atoms with van der Waals surface area (Å²) in [7, 11) is -4.06. The third kappa shape index (κ3) is 6.20. The Balaban J connectivity index is 1.44. The molecule has 2 aromatic heterocycles. The van der Waals surface area contributed by atoms with Crippen molar-refractivity contribution in [2.45, 2.75) is 37.2 Å². The first-order valence-corrected chi connectivity index (χ1v) is 15.2. The predicted molar refractivity (Wildman–Crippen MR) is 158 cm³/mol. The van der Waals surface area contributed by atoms with Gasteiger partial charge in [-0.25, -0.2) is 23.2 Å². The van der Waals surface area contributed by atoms with Gasteiger partial charge in [-0.05, 0) is 41.8 Å². The second-order valence-electron chi connectivity index (χ2n) is 9.90. The number of aryl methyl sites for hydroxylation is 1. The number of benzene rings is 2. The molecule has 0 saturated carbocycles. The largest absolute Gasteiger partial charge is 0.478 e. The Morgan fingerprint density at radius 2 is 1.74 bits per heavy atom. The number of halogens is 1. The number of rotatable bonds is 9. The van der Waals surface area contributed by atoms with Gasteiger partial charge in [0.1, 0.15) is 28.5 Å². The molecule has 2 aromatic carbocycles. The van der Waals surface area contributed by atoms with E-state index in [4.69, 9.17) is 11.6 Å². The van der Waals surface area contributed by atoms with Crippen LogP contribution in [0, 0.1) is 0 Å². The van der Waals surface area contributed by atoms with Gasteiger partial charge < -0.3 is 15.3 Å². The molecule has 42 heavy (non-hydrogen) atoms. The van der Waals surface area contributed by atoms with Gasteiger partial charge in [-0.3, -0.25) is 9.78 Å². The van der Waals surface area contributed by atoms with Crippen LogP contribution in [0.5, 0.6) is 0 Å². The van der Waals surface area contributed by atoms with Gasteiger partial charge >= 0.3 is 5.97 Å². The number of carboxylic acids is 1. The van der Waals surface area contributed by atoms with E-state index in [1.165, 1.54) is 52.7 Å². The van der Waals surface area contributed by atoms with E-state index in [-0.39, 0.29) is 42.2 Å². The molecule has 0 bridgehead atoms. The summed E-state index contributed by atoms with van der Waals surface area (Å²) in [5.41, 5.74) is 2.44. The van der Waals surface area contributed by atoms with E-state index in [2.05, 4.69) is 27.2 Å². The van der Waals surface area contributed by atoms with E-state index >= 15 is 0 Å². The molecule has 1 atom stereocenters. The van der Waals surface area contributed by atoms with E-state index < -0.39 is 27.9 Å². The van der Waals surface area contributed by atoms with Crippen LogP contribution in [0.15, 0.2) is 72.0 Å².